The molecule has 4 nitrogen and oxygen atoms in total. The molecule has 0 radical (unpaired) electrons. The highest BCUT2D eigenvalue weighted by Gasteiger charge is 2.38. The van der Waals surface area contributed by atoms with E-state index in [2.05, 4.69) is 18.5 Å². The van der Waals surface area contributed by atoms with Gasteiger partial charge in [-0.3, -0.25) is 10.1 Å². The Bertz CT molecular complexity index is 464. The first-order valence-electron chi connectivity index (χ1n) is 7.40. The third-order valence-electron chi connectivity index (χ3n) is 3.80. The van der Waals surface area contributed by atoms with Gasteiger partial charge in [0.2, 0.25) is 5.91 Å². The second-order valence-electron chi connectivity index (χ2n) is 5.21. The molecule has 5 heteroatoms. The number of nitrogens with zero attached hydrogens (tertiary/aromatic N) is 1. The maximum absolute atomic E-state index is 12.5. The van der Waals surface area contributed by atoms with E-state index in [0.29, 0.717) is 0 Å². The molecular weight excluding hydrogens is 284 g/mol. The highest BCUT2D eigenvalue weighted by atomic mass is 32.2. The minimum Gasteiger partial charge on any atom is -0.497 e. The molecule has 0 aliphatic carbocycles. The topological polar surface area (TPSA) is 41.6 Å². The Balaban J connectivity index is 2.18. The summed E-state index contributed by atoms with van der Waals surface area (Å²) in [6, 6.07) is 7.90. The van der Waals surface area contributed by atoms with Crippen LogP contribution >= 0.6 is 11.8 Å². The molecule has 1 N–H and O–H groups in total. The van der Waals surface area contributed by atoms with Crippen LogP contribution in [0.2, 0.25) is 0 Å². The van der Waals surface area contributed by atoms with Crippen molar-refractivity contribution in [3.8, 4) is 5.75 Å². The molecule has 2 unspecified atom stereocenters. The molecule has 1 aromatic rings. The van der Waals surface area contributed by atoms with Crippen molar-refractivity contribution < 1.29 is 9.53 Å². The lowest BCUT2D eigenvalue weighted by atomic mass is 10.1. The molecule has 2 rings (SSSR count). The number of methoxy groups -OCH3 is 1. The van der Waals surface area contributed by atoms with E-state index in [1.807, 2.05) is 29.2 Å². The Morgan fingerprint density at radius 1 is 1.33 bits per heavy atom. The number of amides is 1. The number of carbonyl (C=O) groups is 1. The Labute approximate surface area is 131 Å². The van der Waals surface area contributed by atoms with Gasteiger partial charge < -0.3 is 9.64 Å². The van der Waals surface area contributed by atoms with Gasteiger partial charge in [0.05, 0.1) is 13.2 Å². The maximum Gasteiger partial charge on any atom is 0.241 e. The van der Waals surface area contributed by atoms with E-state index in [1.165, 1.54) is 0 Å². The first-order chi connectivity index (χ1) is 10.2. The Morgan fingerprint density at radius 3 is 2.62 bits per heavy atom. The number of rotatable bonds is 7. The first kappa shape index (κ1) is 16.2. The minimum atomic E-state index is -0.0519. The predicted octanol–water partition coefficient (Wildman–Crippen LogP) is 2.66. The molecule has 1 aliphatic heterocycles. The van der Waals surface area contributed by atoms with Crippen molar-refractivity contribution in [3.63, 3.8) is 0 Å². The number of thioether (sulfide) groups is 1. The van der Waals surface area contributed by atoms with Crippen LogP contribution in [0.5, 0.6) is 5.75 Å². The summed E-state index contributed by atoms with van der Waals surface area (Å²) in [5, 5.41) is 3.48. The van der Waals surface area contributed by atoms with Gasteiger partial charge in [0, 0.05) is 12.3 Å². The highest BCUT2D eigenvalue weighted by Crippen LogP contribution is 2.28. The van der Waals surface area contributed by atoms with Gasteiger partial charge in [0.25, 0.3) is 0 Å². The number of hydrogen-bond donors (Lipinski definition) is 1. The molecule has 1 aliphatic rings. The van der Waals surface area contributed by atoms with Crippen LogP contribution in [-0.4, -0.2) is 42.5 Å². The van der Waals surface area contributed by atoms with E-state index >= 15 is 0 Å². The molecule has 0 spiro atoms. The quantitative estimate of drug-likeness (QED) is 0.841. The molecule has 21 heavy (non-hydrogen) atoms. The van der Waals surface area contributed by atoms with Gasteiger partial charge in [0.15, 0.2) is 0 Å². The maximum atomic E-state index is 12.5. The first-order valence-corrected chi connectivity index (χ1v) is 8.80. The summed E-state index contributed by atoms with van der Waals surface area (Å²) < 4.78 is 5.20. The molecule has 0 aromatic heterocycles. The summed E-state index contributed by atoms with van der Waals surface area (Å²) in [7, 11) is 1.66. The van der Waals surface area contributed by atoms with Crippen molar-refractivity contribution in [1.29, 1.82) is 0 Å². The second kappa shape index (κ2) is 7.71. The number of ether oxygens (including phenoxy) is 1. The van der Waals surface area contributed by atoms with Gasteiger partial charge in [-0.15, -0.1) is 0 Å². The van der Waals surface area contributed by atoms with Crippen molar-refractivity contribution in [2.24, 2.45) is 0 Å². The molecule has 1 heterocycles. The normalized spacial score (nSPS) is 21.9. The Morgan fingerprint density at radius 2 is 2.05 bits per heavy atom. The van der Waals surface area contributed by atoms with E-state index in [4.69, 9.17) is 4.74 Å². The van der Waals surface area contributed by atoms with Gasteiger partial charge >= 0.3 is 0 Å². The van der Waals surface area contributed by atoms with Gasteiger partial charge in [-0.05, 0) is 30.4 Å². The second-order valence-corrected chi connectivity index (χ2v) is 6.19. The molecular formula is C16H24N2O2S. The zero-order chi connectivity index (χ0) is 15.2. The third-order valence-corrected chi connectivity index (χ3v) is 4.39. The monoisotopic (exact) mass is 308 g/mol. The lowest BCUT2D eigenvalue weighted by Crippen LogP contribution is -2.33. The van der Waals surface area contributed by atoms with Crippen molar-refractivity contribution in [1.82, 2.24) is 10.2 Å². The minimum absolute atomic E-state index is 0.0212. The molecule has 2 atom stereocenters. The van der Waals surface area contributed by atoms with E-state index in [-0.39, 0.29) is 18.1 Å². The van der Waals surface area contributed by atoms with Crippen LogP contribution in [0.15, 0.2) is 24.3 Å². The van der Waals surface area contributed by atoms with E-state index in [0.717, 1.165) is 36.5 Å². The summed E-state index contributed by atoms with van der Waals surface area (Å²) in [6.07, 6.45) is 3.95. The molecule has 1 aromatic carbocycles. The lowest BCUT2D eigenvalue weighted by Gasteiger charge is -2.24. The van der Waals surface area contributed by atoms with E-state index in [9.17, 15) is 4.79 Å². The number of nitrogens with one attached hydrogen (secondary N) is 1. The van der Waals surface area contributed by atoms with Gasteiger partial charge in [-0.2, -0.15) is 11.8 Å². The van der Waals surface area contributed by atoms with Gasteiger partial charge in [-0.25, -0.2) is 0 Å². The zero-order valence-corrected chi connectivity index (χ0v) is 13.8. The lowest BCUT2D eigenvalue weighted by molar-refractivity contribution is -0.130. The van der Waals surface area contributed by atoms with Crippen LogP contribution in [0.4, 0.5) is 0 Å². The van der Waals surface area contributed by atoms with E-state index < -0.39 is 0 Å². The van der Waals surface area contributed by atoms with Crippen molar-refractivity contribution in [3.05, 3.63) is 29.8 Å². The van der Waals surface area contributed by atoms with Crippen LogP contribution in [-0.2, 0) is 4.79 Å². The average molecular weight is 308 g/mol. The zero-order valence-electron chi connectivity index (χ0n) is 13.0. The molecule has 1 saturated heterocycles. The van der Waals surface area contributed by atoms with Crippen molar-refractivity contribution in [2.75, 3.05) is 25.7 Å². The van der Waals surface area contributed by atoms with Crippen molar-refractivity contribution >= 4 is 17.7 Å². The fraction of sp³-hybridized carbons (Fsp3) is 0.562. The molecule has 116 valence electrons. The standard InChI is InChI=1S/C16H24N2O2S/c1-4-5-14-16(19)18(10-11-21-3)15(17-14)12-6-8-13(20-2)9-7-12/h6-9,14-15,17H,4-5,10-11H2,1-3H3. The summed E-state index contributed by atoms with van der Waals surface area (Å²) in [5.74, 6) is 2.02. The van der Waals surface area contributed by atoms with E-state index in [1.54, 1.807) is 18.9 Å². The number of benzene rings is 1. The smallest absolute Gasteiger partial charge is 0.241 e. The van der Waals surface area contributed by atoms with Crippen LogP contribution in [0, 0.1) is 0 Å². The fourth-order valence-electron chi connectivity index (χ4n) is 2.67. The van der Waals surface area contributed by atoms with Crippen LogP contribution in [0.1, 0.15) is 31.5 Å². The summed E-state index contributed by atoms with van der Waals surface area (Å²) in [4.78, 5) is 14.5. The third kappa shape index (κ3) is 3.71. The highest BCUT2D eigenvalue weighted by molar-refractivity contribution is 7.98. The SMILES string of the molecule is CCCC1NC(c2ccc(OC)cc2)N(CCSC)C1=O. The van der Waals surface area contributed by atoms with Crippen LogP contribution < -0.4 is 10.1 Å². The van der Waals surface area contributed by atoms with Gasteiger partial charge in [0.1, 0.15) is 11.9 Å². The Kier molecular flexibility index (Phi) is 5.94. The number of hydrogen-bond acceptors (Lipinski definition) is 4. The molecule has 1 fully saturated rings. The molecule has 0 bridgehead atoms. The fourth-order valence-corrected chi connectivity index (χ4v) is 3.05. The largest absolute Gasteiger partial charge is 0.497 e. The molecule has 1 amide bonds. The predicted molar refractivity (Wildman–Crippen MR) is 87.7 cm³/mol. The Hall–Kier alpha value is -1.20. The van der Waals surface area contributed by atoms with Crippen molar-refractivity contribution in [2.45, 2.75) is 32.0 Å². The average Bonchev–Trinajstić information content (AvgIpc) is 2.82. The van der Waals surface area contributed by atoms with Crippen LogP contribution in [0.25, 0.3) is 0 Å². The summed E-state index contributed by atoms with van der Waals surface area (Å²) in [5.41, 5.74) is 1.11. The van der Waals surface area contributed by atoms with Gasteiger partial charge in [-0.1, -0.05) is 25.5 Å². The molecule has 0 saturated carbocycles. The summed E-state index contributed by atoms with van der Waals surface area (Å²) in [6.45, 7) is 2.89. The summed E-state index contributed by atoms with van der Waals surface area (Å²) >= 11 is 1.77. The van der Waals surface area contributed by atoms with Crippen LogP contribution in [0.3, 0.4) is 0 Å². The number of carbonyl (C=O) groups excluding carboxylic acids is 1.